The van der Waals surface area contributed by atoms with E-state index < -0.39 is 0 Å². The van der Waals surface area contributed by atoms with Gasteiger partial charge in [-0.1, -0.05) is 24.6 Å². The van der Waals surface area contributed by atoms with Gasteiger partial charge in [0.15, 0.2) is 5.82 Å². The molecule has 0 fully saturated rings. The second kappa shape index (κ2) is 4.49. The molecule has 0 atom stereocenters. The third-order valence-corrected chi connectivity index (χ3v) is 2.59. The molecule has 2 N–H and O–H groups in total. The summed E-state index contributed by atoms with van der Waals surface area (Å²) in [4.78, 5) is 0. The van der Waals surface area contributed by atoms with Crippen LogP contribution in [0.4, 0.5) is 5.69 Å². The summed E-state index contributed by atoms with van der Waals surface area (Å²) in [5.41, 5.74) is 7.18. The van der Waals surface area contributed by atoms with Gasteiger partial charge >= 0.3 is 0 Å². The van der Waals surface area contributed by atoms with Crippen molar-refractivity contribution in [3.8, 4) is 11.4 Å². The van der Waals surface area contributed by atoms with Crippen LogP contribution >= 0.6 is 11.6 Å². The topological polar surface area (TPSA) is 69.6 Å². The third kappa shape index (κ3) is 1.86. The van der Waals surface area contributed by atoms with E-state index in [4.69, 9.17) is 17.3 Å². The van der Waals surface area contributed by atoms with Crippen LogP contribution in [0.25, 0.3) is 11.4 Å². The molecule has 84 valence electrons. The Bertz CT molecular complexity index is 494. The smallest absolute Gasteiger partial charge is 0.184 e. The highest BCUT2D eigenvalue weighted by Crippen LogP contribution is 2.29. The summed E-state index contributed by atoms with van der Waals surface area (Å²) in [5.74, 6) is 0.654. The van der Waals surface area contributed by atoms with Crippen molar-refractivity contribution >= 4 is 17.3 Å². The first kappa shape index (κ1) is 10.9. The van der Waals surface area contributed by atoms with Gasteiger partial charge in [0.2, 0.25) is 0 Å². The molecule has 1 aromatic heterocycles. The number of nitrogens with zero attached hydrogens (tertiary/aromatic N) is 4. The minimum absolute atomic E-state index is 0.510. The molecule has 0 saturated heterocycles. The number of benzene rings is 1. The van der Waals surface area contributed by atoms with Gasteiger partial charge in [-0.3, -0.25) is 0 Å². The van der Waals surface area contributed by atoms with Gasteiger partial charge in [0.25, 0.3) is 0 Å². The molecule has 0 bridgehead atoms. The Kier molecular flexibility index (Phi) is 3.05. The molecule has 0 radical (unpaired) electrons. The van der Waals surface area contributed by atoms with Crippen molar-refractivity contribution in [2.45, 2.75) is 19.9 Å². The number of para-hydroxylation sites is 1. The molecular formula is C10H12ClN5. The third-order valence-electron chi connectivity index (χ3n) is 2.26. The van der Waals surface area contributed by atoms with E-state index in [1.54, 1.807) is 10.7 Å². The van der Waals surface area contributed by atoms with E-state index in [0.29, 0.717) is 16.5 Å². The second-order valence-corrected chi connectivity index (χ2v) is 3.83. The Morgan fingerprint density at radius 1 is 1.44 bits per heavy atom. The highest BCUT2D eigenvalue weighted by molar-refractivity contribution is 6.33. The van der Waals surface area contributed by atoms with Crippen LogP contribution in [-0.2, 0) is 6.54 Å². The minimum Gasteiger partial charge on any atom is -0.397 e. The molecule has 0 aliphatic carbocycles. The van der Waals surface area contributed by atoms with Crippen molar-refractivity contribution in [2.24, 2.45) is 0 Å². The van der Waals surface area contributed by atoms with Gasteiger partial charge in [0.1, 0.15) is 0 Å². The predicted molar refractivity (Wildman–Crippen MR) is 63.0 cm³/mol. The number of halogens is 1. The van der Waals surface area contributed by atoms with Crippen LogP contribution in [0.15, 0.2) is 18.2 Å². The average Bonchev–Trinajstić information content (AvgIpc) is 2.71. The van der Waals surface area contributed by atoms with Crippen molar-refractivity contribution in [3.05, 3.63) is 23.2 Å². The average molecular weight is 238 g/mol. The lowest BCUT2D eigenvalue weighted by molar-refractivity contribution is 0.583. The van der Waals surface area contributed by atoms with Crippen molar-refractivity contribution in [1.29, 1.82) is 0 Å². The number of hydrogen-bond donors (Lipinski definition) is 1. The van der Waals surface area contributed by atoms with Crippen LogP contribution < -0.4 is 5.73 Å². The number of aryl methyl sites for hydroxylation is 1. The molecule has 6 heteroatoms. The van der Waals surface area contributed by atoms with E-state index in [9.17, 15) is 0 Å². The van der Waals surface area contributed by atoms with Gasteiger partial charge < -0.3 is 5.73 Å². The molecule has 5 nitrogen and oxygen atoms in total. The largest absolute Gasteiger partial charge is 0.397 e. The molecule has 0 amide bonds. The number of rotatable bonds is 3. The monoisotopic (exact) mass is 237 g/mol. The van der Waals surface area contributed by atoms with Crippen LogP contribution in [-0.4, -0.2) is 20.2 Å². The summed E-state index contributed by atoms with van der Waals surface area (Å²) in [7, 11) is 0. The van der Waals surface area contributed by atoms with Crippen LogP contribution in [0.3, 0.4) is 0 Å². The number of tetrazole rings is 1. The van der Waals surface area contributed by atoms with E-state index in [2.05, 4.69) is 22.4 Å². The fourth-order valence-electron chi connectivity index (χ4n) is 1.49. The summed E-state index contributed by atoms with van der Waals surface area (Å²) in [6.45, 7) is 2.82. The van der Waals surface area contributed by atoms with Crippen molar-refractivity contribution in [1.82, 2.24) is 20.2 Å². The normalized spacial score (nSPS) is 10.6. The molecule has 2 aromatic rings. The summed E-state index contributed by atoms with van der Waals surface area (Å²) >= 11 is 5.96. The first-order valence-corrected chi connectivity index (χ1v) is 5.42. The highest BCUT2D eigenvalue weighted by Gasteiger charge is 2.12. The molecule has 16 heavy (non-hydrogen) atoms. The SMILES string of the molecule is CCCn1nnnc1-c1cccc(Cl)c1N. The number of anilines is 1. The zero-order valence-electron chi connectivity index (χ0n) is 8.89. The van der Waals surface area contributed by atoms with E-state index in [-0.39, 0.29) is 0 Å². The van der Waals surface area contributed by atoms with Gasteiger partial charge in [-0.2, -0.15) is 0 Å². The maximum absolute atomic E-state index is 5.96. The van der Waals surface area contributed by atoms with Gasteiger partial charge in [-0.25, -0.2) is 4.68 Å². The van der Waals surface area contributed by atoms with Crippen molar-refractivity contribution in [3.63, 3.8) is 0 Å². The molecular weight excluding hydrogens is 226 g/mol. The van der Waals surface area contributed by atoms with Crippen LogP contribution in [0.1, 0.15) is 13.3 Å². The minimum atomic E-state index is 0.510. The van der Waals surface area contributed by atoms with Gasteiger partial charge in [-0.05, 0) is 29.0 Å². The highest BCUT2D eigenvalue weighted by atomic mass is 35.5. The lowest BCUT2D eigenvalue weighted by Crippen LogP contribution is -2.03. The molecule has 2 rings (SSSR count). The lowest BCUT2D eigenvalue weighted by atomic mass is 10.1. The molecule has 1 aromatic carbocycles. The summed E-state index contributed by atoms with van der Waals surface area (Å²) in [5, 5.41) is 12.0. The maximum atomic E-state index is 5.96. The fourth-order valence-corrected chi connectivity index (χ4v) is 1.67. The fraction of sp³-hybridized carbons (Fsp3) is 0.300. The molecule has 0 saturated carbocycles. The molecule has 0 unspecified atom stereocenters. The quantitative estimate of drug-likeness (QED) is 0.829. The second-order valence-electron chi connectivity index (χ2n) is 3.43. The Morgan fingerprint density at radius 2 is 2.25 bits per heavy atom. The van der Waals surface area contributed by atoms with Crippen LogP contribution in [0.2, 0.25) is 5.02 Å². The van der Waals surface area contributed by atoms with Crippen molar-refractivity contribution < 1.29 is 0 Å². The Hall–Kier alpha value is -1.62. The summed E-state index contributed by atoms with van der Waals surface area (Å²) in [6, 6.07) is 5.44. The first-order chi connectivity index (χ1) is 7.74. The number of aromatic nitrogens is 4. The molecule has 1 heterocycles. The molecule has 0 spiro atoms. The van der Waals surface area contributed by atoms with E-state index in [0.717, 1.165) is 18.5 Å². The van der Waals surface area contributed by atoms with Gasteiger partial charge in [-0.15, -0.1) is 5.10 Å². The lowest BCUT2D eigenvalue weighted by Gasteiger charge is -2.06. The number of nitrogen functional groups attached to an aromatic ring is 1. The zero-order valence-corrected chi connectivity index (χ0v) is 9.65. The maximum Gasteiger partial charge on any atom is 0.184 e. The Morgan fingerprint density at radius 3 is 3.00 bits per heavy atom. The predicted octanol–water partition coefficient (Wildman–Crippen LogP) is 1.99. The Labute approximate surface area is 98.2 Å². The van der Waals surface area contributed by atoms with E-state index in [1.807, 2.05) is 12.1 Å². The zero-order chi connectivity index (χ0) is 11.5. The van der Waals surface area contributed by atoms with Gasteiger partial charge in [0, 0.05) is 12.1 Å². The number of hydrogen-bond acceptors (Lipinski definition) is 4. The molecule has 0 aliphatic rings. The molecule has 0 aliphatic heterocycles. The Balaban J connectivity index is 2.50. The number of nitrogens with two attached hydrogens (primary N) is 1. The first-order valence-electron chi connectivity index (χ1n) is 5.04. The van der Waals surface area contributed by atoms with E-state index in [1.165, 1.54) is 0 Å². The summed E-state index contributed by atoms with van der Waals surface area (Å²) in [6.07, 6.45) is 0.957. The standard InChI is InChI=1S/C10H12ClN5/c1-2-6-16-10(13-14-15-16)7-4-3-5-8(11)9(7)12/h3-5H,2,6,12H2,1H3. The van der Waals surface area contributed by atoms with Gasteiger partial charge in [0.05, 0.1) is 10.7 Å². The van der Waals surface area contributed by atoms with Crippen molar-refractivity contribution in [2.75, 3.05) is 5.73 Å². The van der Waals surface area contributed by atoms with Crippen LogP contribution in [0, 0.1) is 0 Å². The summed E-state index contributed by atoms with van der Waals surface area (Å²) < 4.78 is 1.72. The van der Waals surface area contributed by atoms with Crippen LogP contribution in [0.5, 0.6) is 0 Å². The van der Waals surface area contributed by atoms with E-state index >= 15 is 0 Å².